The predicted molar refractivity (Wildman–Crippen MR) is 78.1 cm³/mol. The average molecular weight is 274 g/mol. The van der Waals surface area contributed by atoms with Gasteiger partial charge in [-0.15, -0.1) is 0 Å². The lowest BCUT2D eigenvalue weighted by atomic mass is 9.99. The van der Waals surface area contributed by atoms with Crippen molar-refractivity contribution >= 4 is 11.8 Å². The van der Waals surface area contributed by atoms with Crippen LogP contribution in [0.15, 0.2) is 24.3 Å². The van der Waals surface area contributed by atoms with Crippen molar-refractivity contribution in [1.82, 2.24) is 10.2 Å². The Balaban J connectivity index is 2.24. The van der Waals surface area contributed by atoms with Gasteiger partial charge in [-0.05, 0) is 31.4 Å². The first kappa shape index (κ1) is 14.6. The highest BCUT2D eigenvalue weighted by atomic mass is 16.2. The SMILES string of the molecule is CCCC1NC(=O)CN(C(C)c2ccccc2C)C1=O. The molecule has 1 aromatic rings. The Hall–Kier alpha value is -1.84. The van der Waals surface area contributed by atoms with Crippen LogP contribution in [0.1, 0.15) is 43.9 Å². The van der Waals surface area contributed by atoms with E-state index in [0.717, 1.165) is 17.5 Å². The summed E-state index contributed by atoms with van der Waals surface area (Å²) in [4.78, 5) is 26.0. The molecule has 1 N–H and O–H groups in total. The van der Waals surface area contributed by atoms with Crippen molar-refractivity contribution in [2.45, 2.75) is 45.7 Å². The largest absolute Gasteiger partial charge is 0.343 e. The van der Waals surface area contributed by atoms with Crippen LogP contribution < -0.4 is 5.32 Å². The highest BCUT2D eigenvalue weighted by Crippen LogP contribution is 2.25. The second-order valence-corrected chi connectivity index (χ2v) is 5.41. The quantitative estimate of drug-likeness (QED) is 0.915. The van der Waals surface area contributed by atoms with Crippen LogP contribution in [-0.4, -0.2) is 29.3 Å². The Morgan fingerprint density at radius 3 is 2.70 bits per heavy atom. The second-order valence-electron chi connectivity index (χ2n) is 5.41. The normalized spacial score (nSPS) is 20.8. The Morgan fingerprint density at radius 2 is 2.05 bits per heavy atom. The number of benzene rings is 1. The molecule has 1 heterocycles. The number of hydrogen-bond donors (Lipinski definition) is 1. The van der Waals surface area contributed by atoms with Gasteiger partial charge in [-0.3, -0.25) is 9.59 Å². The van der Waals surface area contributed by atoms with Crippen LogP contribution >= 0.6 is 0 Å². The summed E-state index contributed by atoms with van der Waals surface area (Å²) >= 11 is 0. The van der Waals surface area contributed by atoms with Crippen molar-refractivity contribution in [2.75, 3.05) is 6.54 Å². The van der Waals surface area contributed by atoms with Gasteiger partial charge in [0.25, 0.3) is 0 Å². The van der Waals surface area contributed by atoms with Gasteiger partial charge in [0.05, 0.1) is 6.04 Å². The van der Waals surface area contributed by atoms with Gasteiger partial charge in [-0.2, -0.15) is 0 Å². The van der Waals surface area contributed by atoms with Crippen molar-refractivity contribution in [1.29, 1.82) is 0 Å². The molecule has 2 rings (SSSR count). The molecule has 1 fully saturated rings. The van der Waals surface area contributed by atoms with E-state index < -0.39 is 0 Å². The summed E-state index contributed by atoms with van der Waals surface area (Å²) in [5, 5.41) is 2.79. The summed E-state index contributed by atoms with van der Waals surface area (Å²) in [6.07, 6.45) is 1.57. The summed E-state index contributed by atoms with van der Waals surface area (Å²) in [5.41, 5.74) is 2.25. The molecule has 2 unspecified atom stereocenters. The van der Waals surface area contributed by atoms with E-state index in [1.807, 2.05) is 45.0 Å². The van der Waals surface area contributed by atoms with Gasteiger partial charge < -0.3 is 10.2 Å². The van der Waals surface area contributed by atoms with Crippen molar-refractivity contribution < 1.29 is 9.59 Å². The first-order valence-electron chi connectivity index (χ1n) is 7.20. The van der Waals surface area contributed by atoms with Crippen LogP contribution in [0.4, 0.5) is 0 Å². The minimum absolute atomic E-state index is 0.0298. The van der Waals surface area contributed by atoms with Gasteiger partial charge in [-0.25, -0.2) is 0 Å². The lowest BCUT2D eigenvalue weighted by molar-refractivity contribution is -0.146. The Labute approximate surface area is 120 Å². The molecule has 0 spiro atoms. The summed E-state index contributed by atoms with van der Waals surface area (Å²) in [7, 11) is 0. The molecule has 0 aliphatic carbocycles. The Morgan fingerprint density at radius 1 is 1.35 bits per heavy atom. The van der Waals surface area contributed by atoms with E-state index >= 15 is 0 Å². The monoisotopic (exact) mass is 274 g/mol. The van der Waals surface area contributed by atoms with Gasteiger partial charge >= 0.3 is 0 Å². The third-order valence-electron chi connectivity index (χ3n) is 3.91. The molecule has 0 aromatic heterocycles. The number of rotatable bonds is 4. The van der Waals surface area contributed by atoms with Crippen molar-refractivity contribution in [3.63, 3.8) is 0 Å². The maximum atomic E-state index is 12.5. The van der Waals surface area contributed by atoms with Crippen LogP contribution in [-0.2, 0) is 9.59 Å². The third kappa shape index (κ3) is 2.84. The zero-order valence-electron chi connectivity index (χ0n) is 12.3. The minimum atomic E-state index is -0.368. The van der Waals surface area contributed by atoms with Crippen molar-refractivity contribution in [3.8, 4) is 0 Å². The van der Waals surface area contributed by atoms with Gasteiger partial charge in [0.15, 0.2) is 0 Å². The van der Waals surface area contributed by atoms with E-state index in [9.17, 15) is 9.59 Å². The van der Waals surface area contributed by atoms with Gasteiger partial charge in [0.1, 0.15) is 12.6 Å². The zero-order valence-corrected chi connectivity index (χ0v) is 12.3. The second kappa shape index (κ2) is 6.07. The summed E-state index contributed by atoms with van der Waals surface area (Å²) < 4.78 is 0. The molecule has 0 saturated carbocycles. The molecule has 1 aliphatic rings. The Kier molecular flexibility index (Phi) is 4.42. The molecular weight excluding hydrogens is 252 g/mol. The highest BCUT2D eigenvalue weighted by molar-refractivity contribution is 5.95. The van der Waals surface area contributed by atoms with E-state index in [1.54, 1.807) is 4.90 Å². The van der Waals surface area contributed by atoms with Crippen LogP contribution in [0.2, 0.25) is 0 Å². The third-order valence-corrected chi connectivity index (χ3v) is 3.91. The minimum Gasteiger partial charge on any atom is -0.343 e. The molecular formula is C16H22N2O2. The number of aryl methyl sites for hydroxylation is 1. The summed E-state index contributed by atoms with van der Waals surface area (Å²) in [5.74, 6) is -0.0364. The van der Waals surface area contributed by atoms with Gasteiger partial charge in [0.2, 0.25) is 11.8 Å². The summed E-state index contributed by atoms with van der Waals surface area (Å²) in [6.45, 7) is 6.18. The maximum absolute atomic E-state index is 12.5. The number of nitrogens with one attached hydrogen (secondary N) is 1. The molecule has 0 bridgehead atoms. The topological polar surface area (TPSA) is 49.4 Å². The van der Waals surface area contributed by atoms with Crippen LogP contribution in [0.5, 0.6) is 0 Å². The molecule has 1 aromatic carbocycles. The standard InChI is InChI=1S/C16H22N2O2/c1-4-7-14-16(20)18(10-15(19)17-14)12(3)13-9-6-5-8-11(13)2/h5-6,8-9,12,14H,4,7,10H2,1-3H3,(H,17,19). The van der Waals surface area contributed by atoms with Crippen molar-refractivity contribution in [2.24, 2.45) is 0 Å². The van der Waals surface area contributed by atoms with Gasteiger partial charge in [-0.1, -0.05) is 37.6 Å². The molecule has 4 heteroatoms. The van der Waals surface area contributed by atoms with Gasteiger partial charge in [0, 0.05) is 0 Å². The molecule has 2 atom stereocenters. The lowest BCUT2D eigenvalue weighted by Gasteiger charge is -2.37. The average Bonchev–Trinajstić information content (AvgIpc) is 2.42. The molecule has 1 aliphatic heterocycles. The number of nitrogens with zero attached hydrogens (tertiary/aromatic N) is 1. The van der Waals surface area contributed by atoms with E-state index in [-0.39, 0.29) is 30.4 Å². The summed E-state index contributed by atoms with van der Waals surface area (Å²) in [6, 6.07) is 7.56. The fourth-order valence-corrected chi connectivity index (χ4v) is 2.77. The maximum Gasteiger partial charge on any atom is 0.246 e. The number of carbonyl (C=O) groups excluding carboxylic acids is 2. The lowest BCUT2D eigenvalue weighted by Crippen LogP contribution is -2.58. The van der Waals surface area contributed by atoms with Crippen LogP contribution in [0.25, 0.3) is 0 Å². The van der Waals surface area contributed by atoms with Crippen LogP contribution in [0, 0.1) is 6.92 Å². The smallest absolute Gasteiger partial charge is 0.246 e. The number of piperazine rings is 1. The van der Waals surface area contributed by atoms with Crippen LogP contribution in [0.3, 0.4) is 0 Å². The number of hydrogen-bond acceptors (Lipinski definition) is 2. The molecule has 20 heavy (non-hydrogen) atoms. The fraction of sp³-hybridized carbons (Fsp3) is 0.500. The Bertz CT molecular complexity index is 513. The zero-order chi connectivity index (χ0) is 14.7. The van der Waals surface area contributed by atoms with Crippen molar-refractivity contribution in [3.05, 3.63) is 35.4 Å². The van der Waals surface area contributed by atoms with E-state index in [2.05, 4.69) is 5.32 Å². The molecule has 1 saturated heterocycles. The number of amides is 2. The predicted octanol–water partition coefficient (Wildman–Crippen LogP) is 2.18. The first-order chi connectivity index (χ1) is 9.54. The molecule has 108 valence electrons. The molecule has 0 radical (unpaired) electrons. The van der Waals surface area contributed by atoms with E-state index in [0.29, 0.717) is 6.42 Å². The highest BCUT2D eigenvalue weighted by Gasteiger charge is 2.35. The molecule has 2 amide bonds. The fourth-order valence-electron chi connectivity index (χ4n) is 2.77. The molecule has 4 nitrogen and oxygen atoms in total. The van der Waals surface area contributed by atoms with E-state index in [1.165, 1.54) is 0 Å². The number of carbonyl (C=O) groups is 2. The van der Waals surface area contributed by atoms with E-state index in [4.69, 9.17) is 0 Å². The first-order valence-corrected chi connectivity index (χ1v) is 7.20.